The number of rotatable bonds is 12. The van der Waals surface area contributed by atoms with Crippen molar-refractivity contribution in [1.29, 1.82) is 0 Å². The molecule has 5 nitrogen and oxygen atoms in total. The number of nitrogens with zero attached hydrogens (tertiary/aromatic N) is 2. The largest absolute Gasteiger partial charge is 0.368 e. The van der Waals surface area contributed by atoms with Crippen LogP contribution in [-0.4, -0.2) is 22.4 Å². The lowest BCUT2D eigenvalue weighted by molar-refractivity contribution is -0.121. The van der Waals surface area contributed by atoms with E-state index < -0.39 is 0 Å². The van der Waals surface area contributed by atoms with E-state index in [1.165, 1.54) is 38.5 Å². The second kappa shape index (κ2) is 12.0. The predicted molar refractivity (Wildman–Crippen MR) is 90.4 cm³/mol. The molecule has 5 heteroatoms. The Labute approximate surface area is 134 Å². The fraction of sp³-hybridized carbons (Fsp3) is 0.706. The minimum Gasteiger partial charge on any atom is -0.368 e. The average Bonchev–Trinajstić information content (AvgIpc) is 2.52. The molecule has 1 amide bonds. The molecule has 1 aromatic rings. The summed E-state index contributed by atoms with van der Waals surface area (Å²) in [6.45, 7) is 2.93. The first kappa shape index (κ1) is 18.4. The van der Waals surface area contributed by atoms with Gasteiger partial charge in [0.05, 0.1) is 0 Å². The molecule has 0 bridgehead atoms. The molecular weight excluding hydrogens is 276 g/mol. The summed E-state index contributed by atoms with van der Waals surface area (Å²) in [4.78, 5) is 19.6. The Kier molecular flexibility index (Phi) is 9.99. The minimum absolute atomic E-state index is 0.169. The van der Waals surface area contributed by atoms with Gasteiger partial charge in [-0.1, -0.05) is 45.4 Å². The fourth-order valence-corrected chi connectivity index (χ4v) is 2.35. The van der Waals surface area contributed by atoms with E-state index in [-0.39, 0.29) is 5.91 Å². The van der Waals surface area contributed by atoms with E-state index in [0.29, 0.717) is 18.9 Å². The highest BCUT2D eigenvalue weighted by Gasteiger charge is 2.01. The lowest BCUT2D eigenvalue weighted by atomic mass is 10.1. The second-order valence-electron chi connectivity index (χ2n) is 5.77. The molecule has 1 rings (SSSR count). The topological polar surface area (TPSA) is 80.9 Å². The second-order valence-corrected chi connectivity index (χ2v) is 5.77. The van der Waals surface area contributed by atoms with Crippen molar-refractivity contribution in [2.24, 2.45) is 0 Å². The Morgan fingerprint density at radius 2 is 1.68 bits per heavy atom. The van der Waals surface area contributed by atoms with Gasteiger partial charge in [-0.15, -0.1) is 0 Å². The number of anilines is 1. The van der Waals surface area contributed by atoms with E-state index in [1.807, 2.05) is 0 Å². The lowest BCUT2D eigenvalue weighted by Crippen LogP contribution is -2.24. The molecule has 0 saturated carbocycles. The molecule has 0 spiro atoms. The number of hydrogen-bond donors (Lipinski definition) is 2. The Hall–Kier alpha value is -1.65. The molecule has 0 aliphatic rings. The minimum atomic E-state index is 0.169. The van der Waals surface area contributed by atoms with Crippen LogP contribution in [0.25, 0.3) is 0 Å². The van der Waals surface area contributed by atoms with E-state index in [0.717, 1.165) is 24.8 Å². The van der Waals surface area contributed by atoms with E-state index in [2.05, 4.69) is 22.2 Å². The molecule has 0 aliphatic carbocycles. The van der Waals surface area contributed by atoms with Gasteiger partial charge in [-0.25, -0.2) is 9.97 Å². The fourth-order valence-electron chi connectivity index (χ4n) is 2.35. The first-order chi connectivity index (χ1) is 10.7. The van der Waals surface area contributed by atoms with Crippen LogP contribution in [-0.2, 0) is 11.2 Å². The van der Waals surface area contributed by atoms with E-state index in [9.17, 15) is 4.79 Å². The lowest BCUT2D eigenvalue weighted by Gasteiger charge is -2.05. The molecule has 0 aromatic carbocycles. The molecule has 3 N–H and O–H groups in total. The molecule has 0 atom stereocenters. The molecule has 0 radical (unpaired) electrons. The Bertz CT molecular complexity index is 406. The third-order valence-electron chi connectivity index (χ3n) is 3.70. The maximum Gasteiger partial charge on any atom is 0.219 e. The smallest absolute Gasteiger partial charge is 0.219 e. The summed E-state index contributed by atoms with van der Waals surface area (Å²) < 4.78 is 0. The van der Waals surface area contributed by atoms with E-state index >= 15 is 0 Å². The van der Waals surface area contributed by atoms with Crippen LogP contribution in [0.3, 0.4) is 0 Å². The molecule has 22 heavy (non-hydrogen) atoms. The summed E-state index contributed by atoms with van der Waals surface area (Å²) >= 11 is 0. The van der Waals surface area contributed by atoms with Crippen LogP contribution >= 0.6 is 0 Å². The maximum absolute atomic E-state index is 11.7. The zero-order valence-corrected chi connectivity index (χ0v) is 13.8. The SMILES string of the molecule is CCCCCCCCCC(=O)NCCCc1cnc(N)nc1. The number of nitrogen functional groups attached to an aromatic ring is 1. The van der Waals surface area contributed by atoms with Crippen molar-refractivity contribution in [1.82, 2.24) is 15.3 Å². The summed E-state index contributed by atoms with van der Waals surface area (Å²) in [5.74, 6) is 0.467. The number of aryl methyl sites for hydroxylation is 1. The molecule has 0 aliphatic heterocycles. The number of carbonyl (C=O) groups is 1. The molecule has 124 valence electrons. The van der Waals surface area contributed by atoms with Gasteiger partial charge in [0.25, 0.3) is 0 Å². The van der Waals surface area contributed by atoms with Gasteiger partial charge in [-0.2, -0.15) is 0 Å². The van der Waals surface area contributed by atoms with Gasteiger partial charge in [0, 0.05) is 25.4 Å². The van der Waals surface area contributed by atoms with Crippen molar-refractivity contribution >= 4 is 11.9 Å². The van der Waals surface area contributed by atoms with Crippen molar-refractivity contribution in [3.8, 4) is 0 Å². The number of nitrogens with one attached hydrogen (secondary N) is 1. The summed E-state index contributed by atoms with van der Waals surface area (Å²) in [7, 11) is 0. The highest BCUT2D eigenvalue weighted by molar-refractivity contribution is 5.75. The first-order valence-electron chi connectivity index (χ1n) is 8.55. The quantitative estimate of drug-likeness (QED) is 0.581. The normalized spacial score (nSPS) is 10.6. The van der Waals surface area contributed by atoms with Crippen molar-refractivity contribution < 1.29 is 4.79 Å². The molecular formula is C17H30N4O. The molecule has 1 aromatic heterocycles. The number of nitrogens with two attached hydrogens (primary N) is 1. The molecule has 0 fully saturated rings. The van der Waals surface area contributed by atoms with Gasteiger partial charge < -0.3 is 11.1 Å². The van der Waals surface area contributed by atoms with Gasteiger partial charge in [-0.05, 0) is 24.8 Å². The van der Waals surface area contributed by atoms with Crippen molar-refractivity contribution in [3.05, 3.63) is 18.0 Å². The standard InChI is InChI=1S/C17H30N4O/c1-2-3-4-5-6-7-8-11-16(22)19-12-9-10-15-13-20-17(18)21-14-15/h13-14H,2-12H2,1H3,(H,19,22)(H2,18,20,21). The number of amides is 1. The Morgan fingerprint density at radius 1 is 1.05 bits per heavy atom. The summed E-state index contributed by atoms with van der Waals surface area (Å²) in [5.41, 5.74) is 6.49. The van der Waals surface area contributed by atoms with Crippen LogP contribution < -0.4 is 11.1 Å². The average molecular weight is 306 g/mol. The Balaban J connectivity index is 1.94. The van der Waals surface area contributed by atoms with E-state index in [4.69, 9.17) is 5.73 Å². The van der Waals surface area contributed by atoms with Gasteiger partial charge in [0.2, 0.25) is 11.9 Å². The highest BCUT2D eigenvalue weighted by atomic mass is 16.1. The molecule has 1 heterocycles. The van der Waals surface area contributed by atoms with E-state index in [1.54, 1.807) is 12.4 Å². The predicted octanol–water partition coefficient (Wildman–Crippen LogP) is 3.25. The number of hydrogen-bond acceptors (Lipinski definition) is 4. The monoisotopic (exact) mass is 306 g/mol. The third-order valence-corrected chi connectivity index (χ3v) is 3.70. The summed E-state index contributed by atoms with van der Waals surface area (Å²) in [5, 5.41) is 2.97. The van der Waals surface area contributed by atoms with Crippen LogP contribution in [0.4, 0.5) is 5.95 Å². The van der Waals surface area contributed by atoms with Gasteiger partial charge >= 0.3 is 0 Å². The number of aromatic nitrogens is 2. The first-order valence-corrected chi connectivity index (χ1v) is 8.55. The zero-order chi connectivity index (χ0) is 16.0. The summed E-state index contributed by atoms with van der Waals surface area (Å²) in [6, 6.07) is 0. The maximum atomic E-state index is 11.7. The molecule has 0 saturated heterocycles. The summed E-state index contributed by atoms with van der Waals surface area (Å²) in [6.07, 6.45) is 14.6. The van der Waals surface area contributed by atoms with Gasteiger partial charge in [0.15, 0.2) is 0 Å². The van der Waals surface area contributed by atoms with Gasteiger partial charge in [0.1, 0.15) is 0 Å². The number of carbonyl (C=O) groups excluding carboxylic acids is 1. The highest BCUT2D eigenvalue weighted by Crippen LogP contribution is 2.08. The van der Waals surface area contributed by atoms with Crippen LogP contribution in [0.5, 0.6) is 0 Å². The third kappa shape index (κ3) is 9.32. The van der Waals surface area contributed by atoms with Gasteiger partial charge in [-0.3, -0.25) is 4.79 Å². The van der Waals surface area contributed by atoms with Crippen LogP contribution in [0.15, 0.2) is 12.4 Å². The van der Waals surface area contributed by atoms with Crippen LogP contribution in [0.2, 0.25) is 0 Å². The van der Waals surface area contributed by atoms with Crippen molar-refractivity contribution in [3.63, 3.8) is 0 Å². The van der Waals surface area contributed by atoms with Crippen LogP contribution in [0, 0.1) is 0 Å². The van der Waals surface area contributed by atoms with Crippen LogP contribution in [0.1, 0.15) is 70.3 Å². The zero-order valence-electron chi connectivity index (χ0n) is 13.8. The Morgan fingerprint density at radius 3 is 2.36 bits per heavy atom. The molecule has 0 unspecified atom stereocenters. The number of unbranched alkanes of at least 4 members (excludes halogenated alkanes) is 6. The van der Waals surface area contributed by atoms with Crippen molar-refractivity contribution in [2.75, 3.05) is 12.3 Å². The van der Waals surface area contributed by atoms with Crippen molar-refractivity contribution in [2.45, 2.75) is 71.1 Å².